The van der Waals surface area contributed by atoms with E-state index in [0.717, 1.165) is 18.5 Å². The van der Waals surface area contributed by atoms with Crippen molar-refractivity contribution in [3.05, 3.63) is 53.1 Å². The van der Waals surface area contributed by atoms with Crippen LogP contribution in [0.25, 0.3) is 0 Å². The number of carbonyl (C=O) groups is 1. The number of benzene rings is 1. The third-order valence-corrected chi connectivity index (χ3v) is 3.23. The summed E-state index contributed by atoms with van der Waals surface area (Å²) in [6, 6.07) is 8.79. The van der Waals surface area contributed by atoms with E-state index in [4.69, 9.17) is 11.6 Å². The number of anilines is 1. The van der Waals surface area contributed by atoms with E-state index in [-0.39, 0.29) is 5.91 Å². The van der Waals surface area contributed by atoms with Gasteiger partial charge in [-0.05, 0) is 37.1 Å². The molecule has 96 valence electrons. The van der Waals surface area contributed by atoms with Gasteiger partial charge in [0.1, 0.15) is 12.0 Å². The zero-order valence-corrected chi connectivity index (χ0v) is 10.9. The molecule has 4 nitrogen and oxygen atoms in total. The molecule has 0 unspecified atom stereocenters. The predicted octanol–water partition coefficient (Wildman–Crippen LogP) is 3.26. The van der Waals surface area contributed by atoms with Crippen molar-refractivity contribution in [1.82, 2.24) is 9.97 Å². The fourth-order valence-electron chi connectivity index (χ4n) is 1.86. The van der Waals surface area contributed by atoms with Crippen LogP contribution in [0.5, 0.6) is 0 Å². The van der Waals surface area contributed by atoms with Crippen LogP contribution in [0.2, 0.25) is 5.02 Å². The maximum Gasteiger partial charge on any atom is 0.274 e. The van der Waals surface area contributed by atoms with Crippen LogP contribution in [0.4, 0.5) is 5.69 Å². The van der Waals surface area contributed by atoms with Crippen LogP contribution >= 0.6 is 11.6 Å². The van der Waals surface area contributed by atoms with Crippen molar-refractivity contribution in [3.63, 3.8) is 0 Å². The second-order valence-electron chi connectivity index (χ2n) is 4.57. The average Bonchev–Trinajstić information content (AvgIpc) is 3.23. The number of nitrogens with one attached hydrogen (secondary N) is 1. The number of halogens is 1. The highest BCUT2D eigenvalue weighted by Gasteiger charge is 2.25. The molecule has 3 rings (SSSR count). The molecule has 1 heterocycles. The summed E-state index contributed by atoms with van der Waals surface area (Å²) in [7, 11) is 0. The van der Waals surface area contributed by atoms with Gasteiger partial charge in [-0.3, -0.25) is 4.79 Å². The predicted molar refractivity (Wildman–Crippen MR) is 73.4 cm³/mol. The first kappa shape index (κ1) is 12.1. The van der Waals surface area contributed by atoms with Gasteiger partial charge in [0.05, 0.1) is 0 Å². The summed E-state index contributed by atoms with van der Waals surface area (Å²) in [5.74, 6) is 0.257. The first-order chi connectivity index (χ1) is 9.22. The molecule has 0 bridgehead atoms. The van der Waals surface area contributed by atoms with Crippen molar-refractivity contribution in [2.24, 2.45) is 0 Å². The summed E-state index contributed by atoms with van der Waals surface area (Å²) in [5, 5.41) is 3.35. The minimum absolute atomic E-state index is 0.244. The third kappa shape index (κ3) is 2.90. The van der Waals surface area contributed by atoms with Gasteiger partial charge in [0.15, 0.2) is 0 Å². The molecular weight excluding hydrogens is 262 g/mol. The van der Waals surface area contributed by atoms with Crippen molar-refractivity contribution >= 4 is 23.2 Å². The van der Waals surface area contributed by atoms with Crippen LogP contribution in [0.3, 0.4) is 0 Å². The lowest BCUT2D eigenvalue weighted by Gasteiger charge is -2.05. The fraction of sp³-hybridized carbons (Fsp3) is 0.214. The lowest BCUT2D eigenvalue weighted by Crippen LogP contribution is -2.14. The van der Waals surface area contributed by atoms with E-state index in [1.165, 1.54) is 6.33 Å². The Labute approximate surface area is 115 Å². The number of carbonyl (C=O) groups excluding carboxylic acids is 1. The van der Waals surface area contributed by atoms with Crippen LogP contribution in [0, 0.1) is 0 Å². The van der Waals surface area contributed by atoms with E-state index in [2.05, 4.69) is 15.3 Å². The minimum atomic E-state index is -0.244. The van der Waals surface area contributed by atoms with Gasteiger partial charge >= 0.3 is 0 Å². The fourth-order valence-corrected chi connectivity index (χ4v) is 2.05. The third-order valence-electron chi connectivity index (χ3n) is 3.00. The van der Waals surface area contributed by atoms with E-state index >= 15 is 0 Å². The Morgan fingerprint density at radius 3 is 2.84 bits per heavy atom. The Balaban J connectivity index is 1.78. The molecule has 1 fully saturated rings. The Bertz CT molecular complexity index is 626. The molecule has 0 radical (unpaired) electrons. The summed E-state index contributed by atoms with van der Waals surface area (Å²) >= 11 is 5.87. The smallest absolute Gasteiger partial charge is 0.274 e. The molecule has 1 aromatic heterocycles. The van der Waals surface area contributed by atoms with Crippen molar-refractivity contribution < 1.29 is 4.79 Å². The summed E-state index contributed by atoms with van der Waals surface area (Å²) < 4.78 is 0. The van der Waals surface area contributed by atoms with Gasteiger partial charge in [-0.25, -0.2) is 9.97 Å². The first-order valence-electron chi connectivity index (χ1n) is 6.11. The first-order valence-corrected chi connectivity index (χ1v) is 6.49. The minimum Gasteiger partial charge on any atom is -0.321 e. The molecule has 5 heteroatoms. The normalized spacial score (nSPS) is 14.2. The highest BCUT2D eigenvalue weighted by atomic mass is 35.5. The maximum atomic E-state index is 12.1. The Hall–Kier alpha value is -1.94. The number of amides is 1. The largest absolute Gasteiger partial charge is 0.321 e. The molecular formula is C14H12ClN3O. The molecule has 0 aliphatic heterocycles. The zero-order chi connectivity index (χ0) is 13.2. The number of nitrogens with zero attached hydrogens (tertiary/aromatic N) is 2. The zero-order valence-electron chi connectivity index (χ0n) is 10.1. The van der Waals surface area contributed by atoms with E-state index < -0.39 is 0 Å². The van der Waals surface area contributed by atoms with Crippen LogP contribution in [0.1, 0.15) is 34.9 Å². The maximum absolute atomic E-state index is 12.1. The van der Waals surface area contributed by atoms with Gasteiger partial charge in [-0.15, -0.1) is 0 Å². The van der Waals surface area contributed by atoms with Crippen molar-refractivity contribution in [1.29, 1.82) is 0 Å². The molecule has 19 heavy (non-hydrogen) atoms. The van der Waals surface area contributed by atoms with Crippen molar-refractivity contribution in [3.8, 4) is 0 Å². The Morgan fingerprint density at radius 1 is 1.26 bits per heavy atom. The van der Waals surface area contributed by atoms with E-state index in [0.29, 0.717) is 22.3 Å². The average molecular weight is 274 g/mol. The molecule has 1 aromatic carbocycles. The van der Waals surface area contributed by atoms with E-state index in [1.807, 2.05) is 0 Å². The molecule has 0 spiro atoms. The highest BCUT2D eigenvalue weighted by molar-refractivity contribution is 6.30. The van der Waals surface area contributed by atoms with Gasteiger partial charge in [0, 0.05) is 22.3 Å². The van der Waals surface area contributed by atoms with Gasteiger partial charge in [-0.1, -0.05) is 17.7 Å². The SMILES string of the molecule is O=C(Nc1cccc(Cl)c1)c1cc(C2CC2)ncn1. The van der Waals surface area contributed by atoms with E-state index in [9.17, 15) is 4.79 Å². The van der Waals surface area contributed by atoms with Crippen molar-refractivity contribution in [2.75, 3.05) is 5.32 Å². The highest BCUT2D eigenvalue weighted by Crippen LogP contribution is 2.38. The van der Waals surface area contributed by atoms with Gasteiger partial charge in [0.25, 0.3) is 5.91 Å². The second kappa shape index (κ2) is 4.97. The second-order valence-corrected chi connectivity index (χ2v) is 5.00. The Morgan fingerprint density at radius 2 is 2.11 bits per heavy atom. The summed E-state index contributed by atoms with van der Waals surface area (Å²) in [6.07, 6.45) is 3.74. The molecule has 1 aliphatic rings. The van der Waals surface area contributed by atoms with Crippen LogP contribution in [-0.4, -0.2) is 15.9 Å². The summed E-state index contributed by atoms with van der Waals surface area (Å²) in [4.78, 5) is 20.3. The molecule has 1 amide bonds. The molecule has 1 saturated carbocycles. The van der Waals surface area contributed by atoms with E-state index in [1.54, 1.807) is 30.3 Å². The quantitative estimate of drug-likeness (QED) is 0.934. The van der Waals surface area contributed by atoms with Crippen LogP contribution in [0.15, 0.2) is 36.7 Å². The Kier molecular flexibility index (Phi) is 3.17. The standard InChI is InChI=1S/C14H12ClN3O/c15-10-2-1-3-11(6-10)18-14(19)13-7-12(9-4-5-9)16-8-17-13/h1-3,6-9H,4-5H2,(H,18,19). The lowest BCUT2D eigenvalue weighted by atomic mass is 10.2. The van der Waals surface area contributed by atoms with Crippen molar-refractivity contribution in [2.45, 2.75) is 18.8 Å². The molecule has 1 N–H and O–H groups in total. The summed E-state index contributed by atoms with van der Waals surface area (Å²) in [5.41, 5.74) is 1.99. The van der Waals surface area contributed by atoms with Crippen LogP contribution < -0.4 is 5.32 Å². The number of aromatic nitrogens is 2. The molecule has 0 saturated heterocycles. The molecule has 0 atom stereocenters. The lowest BCUT2D eigenvalue weighted by molar-refractivity contribution is 0.102. The summed E-state index contributed by atoms with van der Waals surface area (Å²) in [6.45, 7) is 0. The topological polar surface area (TPSA) is 54.9 Å². The monoisotopic (exact) mass is 273 g/mol. The number of hydrogen-bond donors (Lipinski definition) is 1. The van der Waals surface area contributed by atoms with Gasteiger partial charge in [-0.2, -0.15) is 0 Å². The van der Waals surface area contributed by atoms with Gasteiger partial charge in [0.2, 0.25) is 0 Å². The van der Waals surface area contributed by atoms with Gasteiger partial charge < -0.3 is 5.32 Å². The van der Waals surface area contributed by atoms with Crippen LogP contribution in [-0.2, 0) is 0 Å². The molecule has 2 aromatic rings. The molecule has 1 aliphatic carbocycles. The number of hydrogen-bond acceptors (Lipinski definition) is 3. The number of rotatable bonds is 3.